The summed E-state index contributed by atoms with van der Waals surface area (Å²) in [4.78, 5) is 57.5. The number of primary amides is 1. The fourth-order valence-electron chi connectivity index (χ4n) is 7.52. The maximum Gasteiger partial charge on any atom is 0.228 e. The van der Waals surface area contributed by atoms with Crippen LogP contribution in [0.4, 0.5) is 5.69 Å². The molecule has 1 aromatic rings. The molecule has 1 aliphatic heterocycles. The first-order valence-corrected chi connectivity index (χ1v) is 13.5. The second-order valence-corrected chi connectivity index (χ2v) is 11.6. The first-order valence-electron chi connectivity index (χ1n) is 13.5. The van der Waals surface area contributed by atoms with Gasteiger partial charge in [0, 0.05) is 44.3 Å². The lowest BCUT2D eigenvalue weighted by Gasteiger charge is -2.55. The van der Waals surface area contributed by atoms with Crippen molar-refractivity contribution in [2.24, 2.45) is 29.4 Å². The molecule has 0 aromatic heterocycles. The number of likely N-dealkylation sites (N-methyl/N-ethyl adjacent to an activating group) is 1. The molecule has 0 spiro atoms. The molecular weight excluding hydrogens is 488 g/mol. The summed E-state index contributed by atoms with van der Waals surface area (Å²) in [5, 5.41) is 14.3. The Balaban J connectivity index is 1.46. The van der Waals surface area contributed by atoms with Crippen molar-refractivity contribution in [3.8, 4) is 5.75 Å². The van der Waals surface area contributed by atoms with Gasteiger partial charge >= 0.3 is 0 Å². The number of nitrogens with two attached hydrogens (primary N) is 1. The number of Topliss-reactive ketones (excluding diaryl/α,β-unsaturated/α-hetero) is 3. The van der Waals surface area contributed by atoms with Gasteiger partial charge in [0.1, 0.15) is 17.3 Å². The van der Waals surface area contributed by atoms with Crippen LogP contribution >= 0.6 is 0 Å². The summed E-state index contributed by atoms with van der Waals surface area (Å²) >= 11 is 0. The normalized spacial score (nSPS) is 33.2. The van der Waals surface area contributed by atoms with Gasteiger partial charge in [0.25, 0.3) is 0 Å². The lowest BCUT2D eigenvalue weighted by atomic mass is 9.52. The molecule has 3 aliphatic carbocycles. The molecule has 1 amide bonds. The SMILES string of the molecule is COC12CC(C(N)=O)C(=O)C(N(C)C)C1CC1Cc3cc(NCCN4CCCC4)cc(O)c3C(=O)C1C2=O. The van der Waals surface area contributed by atoms with Crippen LogP contribution in [0.1, 0.15) is 41.6 Å². The number of rotatable bonds is 7. The third kappa shape index (κ3) is 4.23. The van der Waals surface area contributed by atoms with Crippen molar-refractivity contribution < 1.29 is 29.0 Å². The minimum atomic E-state index is -1.48. The van der Waals surface area contributed by atoms with Crippen LogP contribution in [0.15, 0.2) is 12.1 Å². The number of nitrogens with zero attached hydrogens (tertiary/aromatic N) is 2. The molecule has 1 aromatic carbocycles. The maximum absolute atomic E-state index is 14.1. The molecule has 4 aliphatic rings. The van der Waals surface area contributed by atoms with E-state index in [-0.39, 0.29) is 29.4 Å². The number of amides is 1. The topological polar surface area (TPSA) is 142 Å². The predicted molar refractivity (Wildman–Crippen MR) is 140 cm³/mol. The van der Waals surface area contributed by atoms with Crippen LogP contribution in [0.25, 0.3) is 0 Å². The minimum Gasteiger partial charge on any atom is -0.507 e. The van der Waals surface area contributed by atoms with Crippen molar-refractivity contribution >= 4 is 28.9 Å². The van der Waals surface area contributed by atoms with Crippen LogP contribution in [0, 0.1) is 23.7 Å². The molecule has 6 atom stereocenters. The molecule has 0 radical (unpaired) electrons. The Morgan fingerprint density at radius 1 is 1.24 bits per heavy atom. The van der Waals surface area contributed by atoms with Gasteiger partial charge in [-0.25, -0.2) is 0 Å². The third-order valence-electron chi connectivity index (χ3n) is 9.28. The van der Waals surface area contributed by atoms with Gasteiger partial charge in [0.2, 0.25) is 5.91 Å². The number of aromatic hydroxyl groups is 1. The highest BCUT2D eigenvalue weighted by molar-refractivity contribution is 6.17. The van der Waals surface area contributed by atoms with Gasteiger partial charge in [-0.3, -0.25) is 24.1 Å². The van der Waals surface area contributed by atoms with E-state index in [9.17, 15) is 24.3 Å². The highest BCUT2D eigenvalue weighted by Crippen LogP contribution is 2.53. The Bertz CT molecular complexity index is 1160. The molecule has 206 valence electrons. The van der Waals surface area contributed by atoms with Gasteiger partial charge in [0.15, 0.2) is 17.3 Å². The molecular formula is C28H38N4O6. The first kappa shape index (κ1) is 26.8. The van der Waals surface area contributed by atoms with Gasteiger partial charge in [-0.05, 0) is 70.4 Å². The van der Waals surface area contributed by atoms with Crippen molar-refractivity contribution in [1.82, 2.24) is 9.80 Å². The molecule has 1 heterocycles. The van der Waals surface area contributed by atoms with Gasteiger partial charge in [-0.15, -0.1) is 0 Å². The zero-order valence-electron chi connectivity index (χ0n) is 22.4. The number of methoxy groups -OCH3 is 1. The van der Waals surface area contributed by atoms with Crippen LogP contribution < -0.4 is 11.1 Å². The Morgan fingerprint density at radius 2 is 1.95 bits per heavy atom. The van der Waals surface area contributed by atoms with E-state index in [0.717, 1.165) is 31.9 Å². The smallest absolute Gasteiger partial charge is 0.228 e. The Hall–Kier alpha value is -2.82. The summed E-state index contributed by atoms with van der Waals surface area (Å²) in [5.41, 5.74) is 5.71. The van der Waals surface area contributed by atoms with E-state index in [1.165, 1.54) is 20.0 Å². The predicted octanol–water partition coefficient (Wildman–Crippen LogP) is 0.850. The number of hydrogen-bond donors (Lipinski definition) is 3. The summed E-state index contributed by atoms with van der Waals surface area (Å²) in [5.74, 6) is -5.14. The molecule has 10 nitrogen and oxygen atoms in total. The lowest BCUT2D eigenvalue weighted by molar-refractivity contribution is -0.182. The van der Waals surface area contributed by atoms with E-state index < -0.39 is 46.9 Å². The third-order valence-corrected chi connectivity index (χ3v) is 9.28. The number of likely N-dealkylation sites (tertiary alicyclic amines) is 1. The number of hydrogen-bond acceptors (Lipinski definition) is 9. The average molecular weight is 527 g/mol. The zero-order valence-corrected chi connectivity index (χ0v) is 22.4. The van der Waals surface area contributed by atoms with Crippen LogP contribution in [-0.2, 0) is 25.5 Å². The summed E-state index contributed by atoms with van der Waals surface area (Å²) in [6, 6.07) is 2.71. The highest BCUT2D eigenvalue weighted by atomic mass is 16.5. The maximum atomic E-state index is 14.1. The van der Waals surface area contributed by atoms with E-state index >= 15 is 0 Å². The van der Waals surface area contributed by atoms with Gasteiger partial charge in [-0.2, -0.15) is 0 Å². The lowest BCUT2D eigenvalue weighted by Crippen LogP contribution is -2.70. The average Bonchev–Trinajstić information content (AvgIpc) is 3.37. The number of anilines is 1. The number of ketones is 3. The largest absolute Gasteiger partial charge is 0.507 e. The fraction of sp³-hybridized carbons (Fsp3) is 0.643. The number of fused-ring (bicyclic) bond motifs is 3. The fourth-order valence-corrected chi connectivity index (χ4v) is 7.52. The van der Waals surface area contributed by atoms with Crippen LogP contribution in [-0.4, -0.2) is 97.2 Å². The number of carbonyl (C=O) groups excluding carboxylic acids is 4. The Labute approximate surface area is 222 Å². The highest BCUT2D eigenvalue weighted by Gasteiger charge is 2.65. The van der Waals surface area contributed by atoms with Crippen molar-refractivity contribution in [2.45, 2.75) is 43.7 Å². The Morgan fingerprint density at radius 3 is 2.58 bits per heavy atom. The molecule has 6 unspecified atom stereocenters. The molecule has 5 rings (SSSR count). The molecule has 4 N–H and O–H groups in total. The van der Waals surface area contributed by atoms with Crippen molar-refractivity contribution in [3.05, 3.63) is 23.3 Å². The van der Waals surface area contributed by atoms with Crippen molar-refractivity contribution in [2.75, 3.05) is 52.7 Å². The number of phenolic OH excluding ortho intramolecular Hbond substituents is 1. The van der Waals surface area contributed by atoms with Gasteiger partial charge in [0.05, 0.1) is 17.5 Å². The number of phenols is 1. The number of ether oxygens (including phenoxy) is 1. The van der Waals surface area contributed by atoms with E-state index in [1.807, 2.05) is 6.07 Å². The van der Waals surface area contributed by atoms with E-state index in [0.29, 0.717) is 18.4 Å². The molecule has 38 heavy (non-hydrogen) atoms. The van der Waals surface area contributed by atoms with E-state index in [4.69, 9.17) is 10.5 Å². The van der Waals surface area contributed by atoms with Crippen LogP contribution in [0.2, 0.25) is 0 Å². The molecule has 0 bridgehead atoms. The summed E-state index contributed by atoms with van der Waals surface area (Å²) in [6.45, 7) is 3.83. The molecule has 2 saturated carbocycles. The zero-order chi connectivity index (χ0) is 27.4. The number of benzene rings is 1. The molecule has 10 heteroatoms. The summed E-state index contributed by atoms with van der Waals surface area (Å²) in [6.07, 6.45) is 3.11. The standard InChI is InChI=1S/C28H38N4O6/c1-31(2)23-19-12-16-10-15-11-17(30-6-9-32-7-4-5-8-32)13-20(33)21(15)25(35)22(16)26(36)28(19,38-3)14-18(24(23)34)27(29)37/h11,13,16,18-19,22-23,30,33H,4-10,12,14H2,1-3H3,(H2,29,37). The second kappa shape index (κ2) is 10.1. The van der Waals surface area contributed by atoms with Gasteiger partial charge < -0.3 is 25.8 Å². The van der Waals surface area contributed by atoms with E-state index in [1.54, 1.807) is 25.1 Å². The second-order valence-electron chi connectivity index (χ2n) is 11.6. The monoisotopic (exact) mass is 526 g/mol. The quantitative estimate of drug-likeness (QED) is 0.441. The van der Waals surface area contributed by atoms with Crippen molar-refractivity contribution in [3.63, 3.8) is 0 Å². The molecule has 3 fully saturated rings. The van der Waals surface area contributed by atoms with Crippen LogP contribution in [0.3, 0.4) is 0 Å². The number of nitrogens with one attached hydrogen (secondary N) is 1. The first-order chi connectivity index (χ1) is 18.1. The van der Waals surface area contributed by atoms with E-state index in [2.05, 4.69) is 10.2 Å². The minimum absolute atomic E-state index is 0.143. The van der Waals surface area contributed by atoms with Crippen molar-refractivity contribution in [1.29, 1.82) is 0 Å². The summed E-state index contributed by atoms with van der Waals surface area (Å²) in [7, 11) is 4.87. The van der Waals surface area contributed by atoms with Gasteiger partial charge in [-0.1, -0.05) is 0 Å². The molecule has 1 saturated heterocycles. The number of carbonyl (C=O) groups is 4. The summed E-state index contributed by atoms with van der Waals surface area (Å²) < 4.78 is 5.86. The van der Waals surface area contributed by atoms with Crippen LogP contribution in [0.5, 0.6) is 5.75 Å². The Kier molecular flexibility index (Phi) is 7.08.